The topological polar surface area (TPSA) is 80.6 Å². The van der Waals surface area contributed by atoms with Crippen molar-refractivity contribution in [1.82, 2.24) is 5.32 Å². The standard InChI is InChI=1S/C17H20N2O4/c1-22-17(21)15-9-12-8-13(3-4-14(12)23-15)19-16(20)5-2-11-6-7-18-10-11/h3-4,8-9,11,18H,2,5-7,10H2,1H3,(H,19,20). The van der Waals surface area contributed by atoms with Gasteiger partial charge in [0, 0.05) is 17.5 Å². The second-order valence-electron chi connectivity index (χ2n) is 5.80. The van der Waals surface area contributed by atoms with Gasteiger partial charge in [-0.05, 0) is 56.1 Å². The highest BCUT2D eigenvalue weighted by Crippen LogP contribution is 2.24. The number of carbonyl (C=O) groups is 2. The summed E-state index contributed by atoms with van der Waals surface area (Å²) in [7, 11) is 1.31. The lowest BCUT2D eigenvalue weighted by Crippen LogP contribution is -2.14. The molecule has 1 atom stereocenters. The quantitative estimate of drug-likeness (QED) is 0.829. The Kier molecular flexibility index (Phi) is 4.62. The van der Waals surface area contributed by atoms with Crippen molar-refractivity contribution in [3.05, 3.63) is 30.0 Å². The van der Waals surface area contributed by atoms with Crippen molar-refractivity contribution in [3.8, 4) is 0 Å². The SMILES string of the molecule is COC(=O)c1cc2cc(NC(=O)CCC3CCNC3)ccc2o1. The zero-order valence-corrected chi connectivity index (χ0v) is 13.1. The molecule has 1 aliphatic heterocycles. The van der Waals surface area contributed by atoms with E-state index in [1.54, 1.807) is 24.3 Å². The van der Waals surface area contributed by atoms with E-state index in [0.29, 0.717) is 23.6 Å². The van der Waals surface area contributed by atoms with Crippen LogP contribution in [0.3, 0.4) is 0 Å². The maximum atomic E-state index is 12.0. The van der Waals surface area contributed by atoms with Crippen LogP contribution in [0.25, 0.3) is 11.0 Å². The molecule has 1 amide bonds. The molecule has 0 radical (unpaired) electrons. The number of ether oxygens (including phenoxy) is 1. The molecule has 1 aliphatic rings. The Morgan fingerprint density at radius 2 is 2.26 bits per heavy atom. The van der Waals surface area contributed by atoms with E-state index in [0.717, 1.165) is 31.3 Å². The van der Waals surface area contributed by atoms with Gasteiger partial charge in [-0.3, -0.25) is 4.79 Å². The summed E-state index contributed by atoms with van der Waals surface area (Å²) in [4.78, 5) is 23.5. The normalized spacial score (nSPS) is 17.3. The van der Waals surface area contributed by atoms with Crippen LogP contribution in [0, 0.1) is 5.92 Å². The summed E-state index contributed by atoms with van der Waals surface area (Å²) in [5.41, 5.74) is 1.28. The first kappa shape index (κ1) is 15.6. The van der Waals surface area contributed by atoms with Crippen molar-refractivity contribution in [2.75, 3.05) is 25.5 Å². The molecule has 1 fully saturated rings. The summed E-state index contributed by atoms with van der Waals surface area (Å²) < 4.78 is 10.0. The molecule has 1 aromatic heterocycles. The maximum Gasteiger partial charge on any atom is 0.373 e. The number of amides is 1. The van der Waals surface area contributed by atoms with Gasteiger partial charge in [0.25, 0.3) is 0 Å². The molecule has 0 spiro atoms. The summed E-state index contributed by atoms with van der Waals surface area (Å²) >= 11 is 0. The Bertz CT molecular complexity index is 716. The monoisotopic (exact) mass is 316 g/mol. The van der Waals surface area contributed by atoms with Crippen molar-refractivity contribution < 1.29 is 18.7 Å². The number of benzene rings is 1. The van der Waals surface area contributed by atoms with Crippen LogP contribution in [0.2, 0.25) is 0 Å². The Hall–Kier alpha value is -2.34. The van der Waals surface area contributed by atoms with Crippen molar-refractivity contribution in [2.24, 2.45) is 5.92 Å². The van der Waals surface area contributed by atoms with Crippen LogP contribution in [0.15, 0.2) is 28.7 Å². The van der Waals surface area contributed by atoms with Crippen LogP contribution in [0.1, 0.15) is 29.8 Å². The predicted octanol–water partition coefficient (Wildman–Crippen LogP) is 2.55. The zero-order valence-electron chi connectivity index (χ0n) is 13.1. The van der Waals surface area contributed by atoms with E-state index in [-0.39, 0.29) is 11.7 Å². The first-order valence-electron chi connectivity index (χ1n) is 7.78. The van der Waals surface area contributed by atoms with Gasteiger partial charge in [-0.2, -0.15) is 0 Å². The third-order valence-corrected chi connectivity index (χ3v) is 4.13. The van der Waals surface area contributed by atoms with Gasteiger partial charge in [-0.25, -0.2) is 4.79 Å². The largest absolute Gasteiger partial charge is 0.463 e. The fourth-order valence-electron chi connectivity index (χ4n) is 2.84. The Labute approximate surface area is 134 Å². The summed E-state index contributed by atoms with van der Waals surface area (Å²) in [6.45, 7) is 2.05. The fourth-order valence-corrected chi connectivity index (χ4v) is 2.84. The molecule has 1 unspecified atom stereocenters. The van der Waals surface area contributed by atoms with E-state index in [2.05, 4.69) is 15.4 Å². The average molecular weight is 316 g/mol. The second kappa shape index (κ2) is 6.83. The fraction of sp³-hybridized carbons (Fsp3) is 0.412. The molecule has 0 bridgehead atoms. The number of esters is 1. The smallest absolute Gasteiger partial charge is 0.373 e. The molecule has 0 aliphatic carbocycles. The van der Waals surface area contributed by atoms with E-state index in [1.807, 2.05) is 0 Å². The van der Waals surface area contributed by atoms with Crippen LogP contribution < -0.4 is 10.6 Å². The number of furan rings is 1. The maximum absolute atomic E-state index is 12.0. The van der Waals surface area contributed by atoms with Crippen molar-refractivity contribution >= 4 is 28.5 Å². The van der Waals surface area contributed by atoms with Gasteiger partial charge < -0.3 is 19.8 Å². The van der Waals surface area contributed by atoms with Crippen molar-refractivity contribution in [1.29, 1.82) is 0 Å². The van der Waals surface area contributed by atoms with Gasteiger partial charge in [0.2, 0.25) is 11.7 Å². The van der Waals surface area contributed by atoms with E-state index < -0.39 is 5.97 Å². The number of anilines is 1. The van der Waals surface area contributed by atoms with Crippen LogP contribution in [0.4, 0.5) is 5.69 Å². The first-order valence-corrected chi connectivity index (χ1v) is 7.78. The second-order valence-corrected chi connectivity index (χ2v) is 5.80. The number of hydrogen-bond donors (Lipinski definition) is 2. The van der Waals surface area contributed by atoms with Gasteiger partial charge in [0.05, 0.1) is 7.11 Å². The first-order chi connectivity index (χ1) is 11.2. The summed E-state index contributed by atoms with van der Waals surface area (Å²) in [5.74, 6) is 0.240. The van der Waals surface area contributed by atoms with E-state index in [9.17, 15) is 9.59 Å². The molecule has 0 saturated carbocycles. The summed E-state index contributed by atoms with van der Waals surface area (Å²) in [6.07, 6.45) is 2.56. The van der Waals surface area contributed by atoms with Crippen LogP contribution >= 0.6 is 0 Å². The minimum atomic E-state index is -0.517. The molecule has 6 nitrogen and oxygen atoms in total. The van der Waals surface area contributed by atoms with Crippen LogP contribution in [0.5, 0.6) is 0 Å². The lowest BCUT2D eigenvalue weighted by atomic mass is 10.0. The summed E-state index contributed by atoms with van der Waals surface area (Å²) in [6, 6.07) is 6.90. The third-order valence-electron chi connectivity index (χ3n) is 4.13. The molecular formula is C17H20N2O4. The number of fused-ring (bicyclic) bond motifs is 1. The molecular weight excluding hydrogens is 296 g/mol. The lowest BCUT2D eigenvalue weighted by Gasteiger charge is -2.08. The third kappa shape index (κ3) is 3.71. The minimum absolute atomic E-state index is 0.00735. The highest BCUT2D eigenvalue weighted by molar-refractivity contribution is 5.96. The molecule has 2 aromatic rings. The Morgan fingerprint density at radius 1 is 1.39 bits per heavy atom. The number of rotatable bonds is 5. The van der Waals surface area contributed by atoms with Crippen LogP contribution in [-0.2, 0) is 9.53 Å². The van der Waals surface area contributed by atoms with Gasteiger partial charge in [0.15, 0.2) is 0 Å². The van der Waals surface area contributed by atoms with Gasteiger partial charge in [0.1, 0.15) is 5.58 Å². The minimum Gasteiger partial charge on any atom is -0.463 e. The van der Waals surface area contributed by atoms with E-state index >= 15 is 0 Å². The van der Waals surface area contributed by atoms with Crippen molar-refractivity contribution in [3.63, 3.8) is 0 Å². The number of nitrogens with one attached hydrogen (secondary N) is 2. The van der Waals surface area contributed by atoms with E-state index in [4.69, 9.17) is 4.42 Å². The molecule has 6 heteroatoms. The Morgan fingerprint density at radius 3 is 3.00 bits per heavy atom. The van der Waals surface area contributed by atoms with E-state index in [1.165, 1.54) is 7.11 Å². The summed E-state index contributed by atoms with van der Waals surface area (Å²) in [5, 5.41) is 6.95. The molecule has 2 N–H and O–H groups in total. The number of methoxy groups -OCH3 is 1. The van der Waals surface area contributed by atoms with Gasteiger partial charge in [-0.15, -0.1) is 0 Å². The molecule has 1 saturated heterocycles. The molecule has 23 heavy (non-hydrogen) atoms. The highest BCUT2D eigenvalue weighted by Gasteiger charge is 2.16. The molecule has 122 valence electrons. The molecule has 2 heterocycles. The average Bonchev–Trinajstić information content (AvgIpc) is 3.21. The predicted molar refractivity (Wildman–Crippen MR) is 86.4 cm³/mol. The van der Waals surface area contributed by atoms with Crippen LogP contribution in [-0.4, -0.2) is 32.1 Å². The number of hydrogen-bond acceptors (Lipinski definition) is 5. The van der Waals surface area contributed by atoms with Gasteiger partial charge in [-0.1, -0.05) is 0 Å². The van der Waals surface area contributed by atoms with Gasteiger partial charge >= 0.3 is 5.97 Å². The lowest BCUT2D eigenvalue weighted by molar-refractivity contribution is -0.116. The highest BCUT2D eigenvalue weighted by atomic mass is 16.5. The Balaban J connectivity index is 1.63. The number of carbonyl (C=O) groups excluding carboxylic acids is 2. The molecule has 3 rings (SSSR count). The molecule has 1 aromatic carbocycles. The zero-order chi connectivity index (χ0) is 16.2. The van der Waals surface area contributed by atoms with Crippen molar-refractivity contribution in [2.45, 2.75) is 19.3 Å².